The number of rotatable bonds is 3. The van der Waals surface area contributed by atoms with Crippen molar-refractivity contribution in [1.29, 1.82) is 0 Å². The Balaban J connectivity index is 1.96. The molecule has 4 rings (SSSR count). The molecule has 1 unspecified atom stereocenters. The Bertz CT molecular complexity index is 711. The monoisotopic (exact) mass is 279 g/mol. The summed E-state index contributed by atoms with van der Waals surface area (Å²) in [7, 11) is 0. The first-order valence-corrected chi connectivity index (χ1v) is 8.43. The normalized spacial score (nSPS) is 22.0. The lowest BCUT2D eigenvalue weighted by atomic mass is 9.82. The zero-order valence-electron chi connectivity index (χ0n) is 13.4. The van der Waals surface area contributed by atoms with Gasteiger partial charge in [0.25, 0.3) is 0 Å². The van der Waals surface area contributed by atoms with Gasteiger partial charge in [-0.05, 0) is 70.7 Å². The molecular weight excluding hydrogens is 254 g/mol. The van der Waals surface area contributed by atoms with Crippen LogP contribution in [0.2, 0.25) is 0 Å². The molecule has 0 aliphatic heterocycles. The number of hydrogen-bond donors (Lipinski definition) is 1. The summed E-state index contributed by atoms with van der Waals surface area (Å²) in [6.45, 7) is 8.21. The van der Waals surface area contributed by atoms with Crippen molar-refractivity contribution < 1.29 is 0 Å². The highest BCUT2D eigenvalue weighted by atomic mass is 14.9. The molecule has 0 aromatic heterocycles. The first-order chi connectivity index (χ1) is 10.1. The van der Waals surface area contributed by atoms with Gasteiger partial charge in [0, 0.05) is 6.04 Å². The summed E-state index contributed by atoms with van der Waals surface area (Å²) in [4.78, 5) is 0. The molecule has 110 valence electrons. The maximum atomic E-state index is 3.78. The Hall–Kier alpha value is -1.34. The van der Waals surface area contributed by atoms with Crippen LogP contribution in [0.1, 0.15) is 61.9 Å². The third-order valence-corrected chi connectivity index (χ3v) is 5.43. The Morgan fingerprint density at radius 2 is 2.00 bits per heavy atom. The molecule has 0 heterocycles. The summed E-state index contributed by atoms with van der Waals surface area (Å²) in [6, 6.07) is 10.0. The molecule has 1 heteroatoms. The van der Waals surface area contributed by atoms with Gasteiger partial charge in [0.15, 0.2) is 0 Å². The van der Waals surface area contributed by atoms with Gasteiger partial charge in [-0.3, -0.25) is 0 Å². The maximum Gasteiger partial charge on any atom is 0.0331 e. The van der Waals surface area contributed by atoms with Crippen LogP contribution in [0.5, 0.6) is 0 Å². The van der Waals surface area contributed by atoms with Gasteiger partial charge >= 0.3 is 0 Å². The van der Waals surface area contributed by atoms with Gasteiger partial charge < -0.3 is 5.32 Å². The van der Waals surface area contributed by atoms with Crippen LogP contribution in [0, 0.1) is 0 Å². The second kappa shape index (κ2) is 4.58. The van der Waals surface area contributed by atoms with Crippen LogP contribution in [-0.2, 0) is 18.3 Å². The highest BCUT2D eigenvalue weighted by Crippen LogP contribution is 2.50. The predicted molar refractivity (Wildman–Crippen MR) is 90.0 cm³/mol. The van der Waals surface area contributed by atoms with E-state index in [0.717, 1.165) is 6.54 Å². The molecule has 0 radical (unpaired) electrons. The van der Waals surface area contributed by atoms with Crippen LogP contribution < -0.4 is 5.32 Å². The van der Waals surface area contributed by atoms with Crippen molar-refractivity contribution in [1.82, 2.24) is 5.32 Å². The fraction of sp³-hybridized carbons (Fsp3) is 0.500. The zero-order chi connectivity index (χ0) is 14.6. The third-order valence-electron chi connectivity index (χ3n) is 5.43. The summed E-state index contributed by atoms with van der Waals surface area (Å²) in [6.07, 6.45) is 4.88. The zero-order valence-corrected chi connectivity index (χ0v) is 13.4. The Morgan fingerprint density at radius 3 is 2.81 bits per heavy atom. The molecule has 2 aromatic rings. The van der Waals surface area contributed by atoms with Gasteiger partial charge in [0.1, 0.15) is 0 Å². The molecule has 2 aliphatic carbocycles. The molecule has 1 atom stereocenters. The van der Waals surface area contributed by atoms with Crippen LogP contribution in [0.4, 0.5) is 0 Å². The highest BCUT2D eigenvalue weighted by molar-refractivity contribution is 5.95. The van der Waals surface area contributed by atoms with E-state index >= 15 is 0 Å². The van der Waals surface area contributed by atoms with Crippen molar-refractivity contribution >= 4 is 10.8 Å². The molecular formula is C20H25N. The van der Waals surface area contributed by atoms with E-state index in [4.69, 9.17) is 0 Å². The Labute approximate surface area is 127 Å². The minimum Gasteiger partial charge on any atom is -0.310 e. The predicted octanol–water partition coefficient (Wildman–Crippen LogP) is 4.66. The fourth-order valence-corrected chi connectivity index (χ4v) is 4.60. The first kappa shape index (κ1) is 13.3. The smallest absolute Gasteiger partial charge is 0.0331 e. The van der Waals surface area contributed by atoms with Crippen LogP contribution in [0.25, 0.3) is 10.8 Å². The van der Waals surface area contributed by atoms with Crippen LogP contribution in [0.15, 0.2) is 24.3 Å². The minimum absolute atomic E-state index is 0.278. The molecule has 1 nitrogen and oxygen atoms in total. The molecule has 2 aromatic carbocycles. The first-order valence-electron chi connectivity index (χ1n) is 8.43. The van der Waals surface area contributed by atoms with E-state index < -0.39 is 0 Å². The van der Waals surface area contributed by atoms with Crippen molar-refractivity contribution in [3.63, 3.8) is 0 Å². The van der Waals surface area contributed by atoms with Gasteiger partial charge in [-0.1, -0.05) is 45.0 Å². The molecule has 0 saturated carbocycles. The fourth-order valence-electron chi connectivity index (χ4n) is 4.60. The summed E-state index contributed by atoms with van der Waals surface area (Å²) < 4.78 is 0. The van der Waals surface area contributed by atoms with Crippen molar-refractivity contribution in [2.45, 2.75) is 57.9 Å². The van der Waals surface area contributed by atoms with Crippen molar-refractivity contribution in [2.75, 3.05) is 6.54 Å². The Kier molecular flexibility index (Phi) is 2.91. The van der Waals surface area contributed by atoms with Crippen molar-refractivity contribution in [2.24, 2.45) is 0 Å². The maximum absolute atomic E-state index is 3.78. The van der Waals surface area contributed by atoms with Gasteiger partial charge in [-0.15, -0.1) is 0 Å². The molecule has 0 fully saturated rings. The quantitative estimate of drug-likeness (QED) is 0.861. The van der Waals surface area contributed by atoms with Gasteiger partial charge in [0.2, 0.25) is 0 Å². The SMILES string of the molecule is CCCNC1CC(C)(C)c2c1cc1c3c(cccc23)CC1. The molecule has 0 spiro atoms. The lowest BCUT2D eigenvalue weighted by Gasteiger charge is -2.21. The number of fused-ring (bicyclic) bond motifs is 2. The summed E-state index contributed by atoms with van der Waals surface area (Å²) in [5, 5.41) is 6.88. The molecule has 1 N–H and O–H groups in total. The van der Waals surface area contributed by atoms with E-state index in [0.29, 0.717) is 6.04 Å². The van der Waals surface area contributed by atoms with E-state index in [9.17, 15) is 0 Å². The Morgan fingerprint density at radius 1 is 1.19 bits per heavy atom. The summed E-state index contributed by atoms with van der Waals surface area (Å²) >= 11 is 0. The van der Waals surface area contributed by atoms with Gasteiger partial charge in [-0.2, -0.15) is 0 Å². The van der Waals surface area contributed by atoms with Crippen LogP contribution in [-0.4, -0.2) is 6.54 Å². The number of aryl methyl sites for hydroxylation is 2. The van der Waals surface area contributed by atoms with Crippen molar-refractivity contribution in [3.8, 4) is 0 Å². The second-order valence-electron chi connectivity index (χ2n) is 7.43. The largest absolute Gasteiger partial charge is 0.310 e. The van der Waals surface area contributed by atoms with E-state index in [1.165, 1.54) is 31.1 Å². The molecule has 0 amide bonds. The van der Waals surface area contributed by atoms with E-state index in [1.807, 2.05) is 0 Å². The average Bonchev–Trinajstić information content (AvgIpc) is 2.98. The van der Waals surface area contributed by atoms with Gasteiger partial charge in [-0.25, -0.2) is 0 Å². The highest BCUT2D eigenvalue weighted by Gasteiger charge is 2.39. The van der Waals surface area contributed by atoms with Crippen molar-refractivity contribution in [3.05, 3.63) is 46.5 Å². The van der Waals surface area contributed by atoms with E-state index in [-0.39, 0.29) is 5.41 Å². The molecule has 0 saturated heterocycles. The van der Waals surface area contributed by atoms with E-state index in [1.54, 1.807) is 27.6 Å². The number of hydrogen-bond acceptors (Lipinski definition) is 1. The van der Waals surface area contributed by atoms with E-state index in [2.05, 4.69) is 50.4 Å². The van der Waals surface area contributed by atoms with Crippen LogP contribution in [0.3, 0.4) is 0 Å². The molecule has 2 aliphatic rings. The molecule has 21 heavy (non-hydrogen) atoms. The molecule has 0 bridgehead atoms. The topological polar surface area (TPSA) is 12.0 Å². The van der Waals surface area contributed by atoms with Crippen LogP contribution >= 0.6 is 0 Å². The third kappa shape index (κ3) is 1.87. The average molecular weight is 279 g/mol. The standard InChI is InChI=1S/C20H25N/c1-4-10-21-17-12-20(2,3)19-15-7-5-6-13-8-9-14(18(13)15)11-16(17)19/h5-7,11,17,21H,4,8-10,12H2,1-3H3. The minimum atomic E-state index is 0.278. The summed E-state index contributed by atoms with van der Waals surface area (Å²) in [5.74, 6) is 0. The number of benzene rings is 2. The lowest BCUT2D eigenvalue weighted by Crippen LogP contribution is -2.22. The lowest BCUT2D eigenvalue weighted by molar-refractivity contribution is 0.428. The number of nitrogens with one attached hydrogen (secondary N) is 1. The van der Waals surface area contributed by atoms with Gasteiger partial charge in [0.05, 0.1) is 0 Å². The summed E-state index contributed by atoms with van der Waals surface area (Å²) in [5.41, 5.74) is 6.61. The second-order valence-corrected chi connectivity index (χ2v) is 7.43.